The highest BCUT2D eigenvalue weighted by Gasteiger charge is 2.12. The number of aromatic nitrogens is 1. The molecule has 0 radical (unpaired) electrons. The van der Waals surface area contributed by atoms with Crippen LogP contribution in [0, 0.1) is 10.1 Å². The van der Waals surface area contributed by atoms with E-state index in [0.717, 1.165) is 23.0 Å². The van der Waals surface area contributed by atoms with Crippen molar-refractivity contribution < 1.29 is 9.66 Å². The molecule has 5 heteroatoms. The minimum atomic E-state index is -0.365. The Kier molecular flexibility index (Phi) is 3.97. The standard InChI is InChI=1S/C14H16N2O3/c1-3-15-7-6-12-10-13(16(17)18)9-11(14(12)15)5-4-8-19-2/h4-7,9-10H,3,8H2,1-2H3/b5-4+. The first kappa shape index (κ1) is 13.3. The second-order valence-electron chi connectivity index (χ2n) is 4.19. The fourth-order valence-electron chi connectivity index (χ4n) is 2.13. The summed E-state index contributed by atoms with van der Waals surface area (Å²) in [5.74, 6) is 0. The third-order valence-electron chi connectivity index (χ3n) is 2.99. The lowest BCUT2D eigenvalue weighted by molar-refractivity contribution is -0.384. The van der Waals surface area contributed by atoms with Crippen molar-refractivity contribution >= 4 is 22.7 Å². The van der Waals surface area contributed by atoms with Gasteiger partial charge in [0.05, 0.1) is 17.0 Å². The largest absolute Gasteiger partial charge is 0.381 e. The first-order valence-electron chi connectivity index (χ1n) is 6.10. The summed E-state index contributed by atoms with van der Waals surface area (Å²) in [6, 6.07) is 5.11. The summed E-state index contributed by atoms with van der Waals surface area (Å²) in [5.41, 5.74) is 1.96. The Balaban J connectivity index is 2.61. The molecule has 0 N–H and O–H groups in total. The molecular formula is C14H16N2O3. The minimum Gasteiger partial charge on any atom is -0.381 e. The van der Waals surface area contributed by atoms with Gasteiger partial charge in [0, 0.05) is 42.9 Å². The van der Waals surface area contributed by atoms with Gasteiger partial charge in [-0.05, 0) is 13.0 Å². The monoisotopic (exact) mass is 260 g/mol. The SMILES string of the molecule is CCn1ccc2cc([N+](=O)[O-])cc(/C=C/COC)c21. The van der Waals surface area contributed by atoms with Crippen LogP contribution in [0.3, 0.4) is 0 Å². The number of aryl methyl sites for hydroxylation is 1. The van der Waals surface area contributed by atoms with Crippen LogP contribution in [0.4, 0.5) is 5.69 Å². The van der Waals surface area contributed by atoms with E-state index in [2.05, 4.69) is 4.57 Å². The van der Waals surface area contributed by atoms with Crippen molar-refractivity contribution in [3.05, 3.63) is 46.1 Å². The van der Waals surface area contributed by atoms with Gasteiger partial charge in [-0.15, -0.1) is 0 Å². The lowest BCUT2D eigenvalue weighted by Gasteiger charge is -2.05. The van der Waals surface area contributed by atoms with Crippen LogP contribution in [-0.2, 0) is 11.3 Å². The number of hydrogen-bond acceptors (Lipinski definition) is 3. The molecule has 2 rings (SSSR count). The smallest absolute Gasteiger partial charge is 0.270 e. The second-order valence-corrected chi connectivity index (χ2v) is 4.19. The normalized spacial score (nSPS) is 11.5. The van der Waals surface area contributed by atoms with E-state index in [0.29, 0.717) is 6.61 Å². The summed E-state index contributed by atoms with van der Waals surface area (Å²) in [4.78, 5) is 10.6. The van der Waals surface area contributed by atoms with Crippen molar-refractivity contribution in [3.8, 4) is 0 Å². The lowest BCUT2D eigenvalue weighted by atomic mass is 10.1. The predicted molar refractivity (Wildman–Crippen MR) is 75.2 cm³/mol. The van der Waals surface area contributed by atoms with Gasteiger partial charge in [0.25, 0.3) is 5.69 Å². The molecule has 0 spiro atoms. The van der Waals surface area contributed by atoms with E-state index in [-0.39, 0.29) is 10.6 Å². The fraction of sp³-hybridized carbons (Fsp3) is 0.286. The molecule has 0 fully saturated rings. The first-order valence-corrected chi connectivity index (χ1v) is 6.10. The number of fused-ring (bicyclic) bond motifs is 1. The summed E-state index contributed by atoms with van der Waals surface area (Å²) in [5, 5.41) is 11.8. The quantitative estimate of drug-likeness (QED) is 0.612. The molecule has 1 heterocycles. The number of hydrogen-bond donors (Lipinski definition) is 0. The van der Waals surface area contributed by atoms with E-state index in [1.165, 1.54) is 0 Å². The molecule has 0 bridgehead atoms. The van der Waals surface area contributed by atoms with Crippen LogP contribution in [0.25, 0.3) is 17.0 Å². The van der Waals surface area contributed by atoms with E-state index in [4.69, 9.17) is 4.74 Å². The first-order chi connectivity index (χ1) is 9.17. The Morgan fingerprint density at radius 2 is 2.26 bits per heavy atom. The van der Waals surface area contributed by atoms with Crippen molar-refractivity contribution in [2.75, 3.05) is 13.7 Å². The molecule has 19 heavy (non-hydrogen) atoms. The van der Waals surface area contributed by atoms with Gasteiger partial charge in [0.2, 0.25) is 0 Å². The summed E-state index contributed by atoms with van der Waals surface area (Å²) < 4.78 is 7.04. The molecule has 0 saturated heterocycles. The highest BCUT2D eigenvalue weighted by molar-refractivity contribution is 5.90. The van der Waals surface area contributed by atoms with Crippen LogP contribution >= 0.6 is 0 Å². The van der Waals surface area contributed by atoms with E-state index < -0.39 is 0 Å². The molecule has 100 valence electrons. The lowest BCUT2D eigenvalue weighted by Crippen LogP contribution is -1.95. The number of ether oxygens (including phenoxy) is 1. The van der Waals surface area contributed by atoms with Crippen LogP contribution in [0.15, 0.2) is 30.5 Å². The molecule has 0 aliphatic heterocycles. The summed E-state index contributed by atoms with van der Waals surface area (Å²) in [7, 11) is 1.61. The van der Waals surface area contributed by atoms with Gasteiger partial charge in [0.15, 0.2) is 0 Å². The molecule has 0 atom stereocenters. The molecule has 5 nitrogen and oxygen atoms in total. The molecule has 0 amide bonds. The van der Waals surface area contributed by atoms with E-state index in [1.54, 1.807) is 19.2 Å². The number of nitrogens with zero attached hydrogens (tertiary/aromatic N) is 2. The number of nitro groups is 1. The van der Waals surface area contributed by atoms with E-state index in [9.17, 15) is 10.1 Å². The number of non-ortho nitro benzene ring substituents is 1. The fourth-order valence-corrected chi connectivity index (χ4v) is 2.13. The predicted octanol–water partition coefficient (Wildman–Crippen LogP) is 3.23. The van der Waals surface area contributed by atoms with Crippen LogP contribution in [0.2, 0.25) is 0 Å². The Morgan fingerprint density at radius 3 is 2.89 bits per heavy atom. The van der Waals surface area contributed by atoms with Gasteiger partial charge in [-0.3, -0.25) is 10.1 Å². The summed E-state index contributed by atoms with van der Waals surface area (Å²) in [6.07, 6.45) is 5.67. The number of methoxy groups -OCH3 is 1. The van der Waals surface area contributed by atoms with Crippen LogP contribution in [0.1, 0.15) is 12.5 Å². The Hall–Kier alpha value is -2.14. The zero-order valence-electron chi connectivity index (χ0n) is 11.0. The zero-order chi connectivity index (χ0) is 13.8. The minimum absolute atomic E-state index is 0.110. The summed E-state index contributed by atoms with van der Waals surface area (Å²) in [6.45, 7) is 3.35. The number of rotatable bonds is 5. The molecule has 0 unspecified atom stereocenters. The molecule has 0 aliphatic rings. The van der Waals surface area contributed by atoms with Crippen molar-refractivity contribution in [1.29, 1.82) is 0 Å². The highest BCUT2D eigenvalue weighted by atomic mass is 16.6. The Morgan fingerprint density at radius 1 is 1.47 bits per heavy atom. The highest BCUT2D eigenvalue weighted by Crippen LogP contribution is 2.27. The molecule has 0 aliphatic carbocycles. The Labute approximate surface area is 111 Å². The van der Waals surface area contributed by atoms with Gasteiger partial charge in [-0.1, -0.05) is 12.2 Å². The van der Waals surface area contributed by atoms with Crippen molar-refractivity contribution in [2.45, 2.75) is 13.5 Å². The molecule has 1 aromatic heterocycles. The van der Waals surface area contributed by atoms with Gasteiger partial charge >= 0.3 is 0 Å². The maximum absolute atomic E-state index is 11.0. The number of benzene rings is 1. The van der Waals surface area contributed by atoms with Crippen LogP contribution in [0.5, 0.6) is 0 Å². The average molecular weight is 260 g/mol. The molecular weight excluding hydrogens is 244 g/mol. The second kappa shape index (κ2) is 5.67. The Bertz CT molecular complexity index is 629. The third-order valence-corrected chi connectivity index (χ3v) is 2.99. The molecule has 2 aromatic rings. The molecule has 1 aromatic carbocycles. The van der Waals surface area contributed by atoms with E-state index >= 15 is 0 Å². The average Bonchev–Trinajstić information content (AvgIpc) is 2.81. The van der Waals surface area contributed by atoms with Gasteiger partial charge in [-0.2, -0.15) is 0 Å². The van der Waals surface area contributed by atoms with Gasteiger partial charge < -0.3 is 9.30 Å². The van der Waals surface area contributed by atoms with Crippen molar-refractivity contribution in [1.82, 2.24) is 4.57 Å². The zero-order valence-corrected chi connectivity index (χ0v) is 11.0. The molecule has 0 saturated carbocycles. The van der Waals surface area contributed by atoms with Crippen LogP contribution in [-0.4, -0.2) is 23.2 Å². The third kappa shape index (κ3) is 2.66. The van der Waals surface area contributed by atoms with E-state index in [1.807, 2.05) is 31.3 Å². The maximum atomic E-state index is 11.0. The summed E-state index contributed by atoms with van der Waals surface area (Å²) >= 11 is 0. The van der Waals surface area contributed by atoms with Gasteiger partial charge in [0.1, 0.15) is 0 Å². The van der Waals surface area contributed by atoms with Gasteiger partial charge in [-0.25, -0.2) is 0 Å². The van der Waals surface area contributed by atoms with Crippen molar-refractivity contribution in [2.24, 2.45) is 0 Å². The van der Waals surface area contributed by atoms with Crippen molar-refractivity contribution in [3.63, 3.8) is 0 Å². The maximum Gasteiger partial charge on any atom is 0.270 e. The number of nitro benzene ring substituents is 1. The van der Waals surface area contributed by atoms with Crippen LogP contribution < -0.4 is 0 Å². The topological polar surface area (TPSA) is 57.3 Å².